The second kappa shape index (κ2) is 7.95. The van der Waals surface area contributed by atoms with Crippen molar-refractivity contribution < 1.29 is 73.9 Å². The monoisotopic (exact) mass is 311 g/mol. The fourth-order valence-electron chi connectivity index (χ4n) is 1.97. The summed E-state index contributed by atoms with van der Waals surface area (Å²) in [6, 6.07) is 4.24. The van der Waals surface area contributed by atoms with Crippen LogP contribution in [0.3, 0.4) is 0 Å². The Hall–Kier alpha value is 0.141. The third kappa shape index (κ3) is 5.16. The average Bonchev–Trinajstić information content (AvgIpc) is 2.88. The van der Waals surface area contributed by atoms with E-state index in [2.05, 4.69) is 5.32 Å². The van der Waals surface area contributed by atoms with Crippen LogP contribution >= 0.6 is 0 Å². The normalized spacial score (nSPS) is 18.4. The molecule has 1 aromatic carbocycles. The van der Waals surface area contributed by atoms with Crippen LogP contribution in [0.25, 0.3) is 0 Å². The molecule has 0 saturated carbocycles. The first-order valence-electron chi connectivity index (χ1n) is 6.16. The van der Waals surface area contributed by atoms with Crippen LogP contribution in [0.2, 0.25) is 0 Å². The predicted molar refractivity (Wildman–Crippen MR) is 66.5 cm³/mol. The number of carbonyl (C=O) groups excluding carboxylic acids is 1. The summed E-state index contributed by atoms with van der Waals surface area (Å²) in [5.74, 6) is -0.378. The minimum absolute atomic E-state index is 0. The van der Waals surface area contributed by atoms with E-state index in [0.717, 1.165) is 25.0 Å². The van der Waals surface area contributed by atoms with Gasteiger partial charge in [-0.05, 0) is 12.8 Å². The molecule has 1 amide bonds. The maximum absolute atomic E-state index is 12.4. The number of rotatable bonds is 4. The average molecular weight is 311 g/mol. The SMILES string of the molecule is O=C(NCC1CCCO1)c1ccc([B-](F)(F)F)cc1.[K+]. The van der Waals surface area contributed by atoms with E-state index >= 15 is 0 Å². The molecule has 1 saturated heterocycles. The topological polar surface area (TPSA) is 38.3 Å². The van der Waals surface area contributed by atoms with Crippen LogP contribution in [-0.2, 0) is 4.74 Å². The van der Waals surface area contributed by atoms with Crippen LogP contribution in [0.4, 0.5) is 12.9 Å². The number of amides is 1. The number of hydrogen-bond acceptors (Lipinski definition) is 2. The molecule has 1 unspecified atom stereocenters. The van der Waals surface area contributed by atoms with Gasteiger partial charge in [0.25, 0.3) is 5.91 Å². The van der Waals surface area contributed by atoms with Crippen molar-refractivity contribution in [2.75, 3.05) is 13.2 Å². The summed E-state index contributed by atoms with van der Waals surface area (Å²) >= 11 is 0. The van der Waals surface area contributed by atoms with Crippen molar-refractivity contribution in [3.63, 3.8) is 0 Å². The zero-order valence-electron chi connectivity index (χ0n) is 11.2. The van der Waals surface area contributed by atoms with E-state index in [1.807, 2.05) is 0 Å². The summed E-state index contributed by atoms with van der Waals surface area (Å²) < 4.78 is 42.6. The van der Waals surface area contributed by atoms with E-state index in [9.17, 15) is 17.7 Å². The molecule has 20 heavy (non-hydrogen) atoms. The molecule has 1 aromatic rings. The van der Waals surface area contributed by atoms with Crippen molar-refractivity contribution >= 4 is 18.3 Å². The summed E-state index contributed by atoms with van der Waals surface area (Å²) in [4.78, 5) is 11.7. The minimum Gasteiger partial charge on any atom is -0.445 e. The van der Waals surface area contributed by atoms with Gasteiger partial charge in [-0.3, -0.25) is 4.79 Å². The Morgan fingerprint density at radius 2 is 1.95 bits per heavy atom. The molecule has 8 heteroatoms. The van der Waals surface area contributed by atoms with Gasteiger partial charge < -0.3 is 23.0 Å². The zero-order chi connectivity index (χ0) is 13.9. The summed E-state index contributed by atoms with van der Waals surface area (Å²) in [6.07, 6.45) is 1.89. The molecule has 1 aliphatic heterocycles. The van der Waals surface area contributed by atoms with Gasteiger partial charge in [-0.2, -0.15) is 0 Å². The van der Waals surface area contributed by atoms with Crippen LogP contribution in [0, 0.1) is 0 Å². The van der Waals surface area contributed by atoms with Gasteiger partial charge in [-0.15, -0.1) is 5.46 Å². The first-order chi connectivity index (χ1) is 8.97. The third-order valence-electron chi connectivity index (χ3n) is 3.07. The Bertz CT molecular complexity index is 447. The zero-order valence-corrected chi connectivity index (χ0v) is 14.4. The molecule has 0 aromatic heterocycles. The molecule has 0 bridgehead atoms. The van der Waals surface area contributed by atoms with Crippen LogP contribution in [0.5, 0.6) is 0 Å². The van der Waals surface area contributed by atoms with E-state index in [4.69, 9.17) is 4.74 Å². The van der Waals surface area contributed by atoms with Crippen LogP contribution in [0.15, 0.2) is 24.3 Å². The van der Waals surface area contributed by atoms with Crippen LogP contribution in [-0.4, -0.2) is 32.1 Å². The second-order valence-electron chi connectivity index (χ2n) is 4.54. The number of benzene rings is 1. The minimum atomic E-state index is -5.01. The summed E-state index contributed by atoms with van der Waals surface area (Å²) in [5, 5.41) is 2.66. The number of ether oxygens (including phenoxy) is 1. The van der Waals surface area contributed by atoms with Crippen molar-refractivity contribution in [1.29, 1.82) is 0 Å². The van der Waals surface area contributed by atoms with Gasteiger partial charge in [0.1, 0.15) is 0 Å². The predicted octanol–water partition coefficient (Wildman–Crippen LogP) is -1.35. The smallest absolute Gasteiger partial charge is 0.445 e. The molecule has 1 fully saturated rings. The van der Waals surface area contributed by atoms with E-state index in [1.54, 1.807) is 0 Å². The summed E-state index contributed by atoms with van der Waals surface area (Å²) in [6.45, 7) is -3.92. The number of nitrogens with one attached hydrogen (secondary N) is 1. The number of halogens is 3. The van der Waals surface area contributed by atoms with Crippen molar-refractivity contribution in [2.24, 2.45) is 0 Å². The number of carbonyl (C=O) groups is 1. The Labute approximate surface area is 158 Å². The van der Waals surface area contributed by atoms with E-state index < -0.39 is 12.4 Å². The quantitative estimate of drug-likeness (QED) is 0.699. The van der Waals surface area contributed by atoms with Gasteiger partial charge in [-0.1, -0.05) is 24.3 Å². The Balaban J connectivity index is 0.00000200. The molecule has 0 aliphatic carbocycles. The fourth-order valence-corrected chi connectivity index (χ4v) is 1.97. The first-order valence-corrected chi connectivity index (χ1v) is 6.16. The van der Waals surface area contributed by atoms with Crippen molar-refractivity contribution in [1.82, 2.24) is 5.32 Å². The molecule has 1 aliphatic rings. The van der Waals surface area contributed by atoms with E-state index in [1.165, 1.54) is 12.1 Å². The Morgan fingerprint density at radius 3 is 2.45 bits per heavy atom. The summed E-state index contributed by atoms with van der Waals surface area (Å²) in [7, 11) is 0. The maximum Gasteiger partial charge on any atom is 1.00 e. The molecular weight excluding hydrogens is 297 g/mol. The molecule has 3 nitrogen and oxygen atoms in total. The molecular formula is C12H14BF3KNO2. The van der Waals surface area contributed by atoms with Crippen molar-refractivity contribution in [3.05, 3.63) is 29.8 Å². The molecule has 0 radical (unpaired) electrons. The largest absolute Gasteiger partial charge is 1.00 e. The van der Waals surface area contributed by atoms with E-state index in [-0.39, 0.29) is 69.0 Å². The van der Waals surface area contributed by atoms with Crippen molar-refractivity contribution in [3.8, 4) is 0 Å². The van der Waals surface area contributed by atoms with Crippen LogP contribution in [0.1, 0.15) is 23.2 Å². The third-order valence-corrected chi connectivity index (χ3v) is 3.07. The van der Waals surface area contributed by atoms with Crippen molar-refractivity contribution in [2.45, 2.75) is 18.9 Å². The van der Waals surface area contributed by atoms with E-state index in [0.29, 0.717) is 13.2 Å². The van der Waals surface area contributed by atoms with Gasteiger partial charge >= 0.3 is 58.4 Å². The van der Waals surface area contributed by atoms with Gasteiger partial charge in [0.05, 0.1) is 6.10 Å². The van der Waals surface area contributed by atoms with Gasteiger partial charge in [0.2, 0.25) is 0 Å². The molecule has 0 spiro atoms. The maximum atomic E-state index is 12.4. The molecule has 1 atom stereocenters. The molecule has 1 heterocycles. The Kier molecular flexibility index (Phi) is 7.24. The second-order valence-corrected chi connectivity index (χ2v) is 4.54. The van der Waals surface area contributed by atoms with Gasteiger partial charge in [-0.25, -0.2) is 0 Å². The Morgan fingerprint density at radius 1 is 1.30 bits per heavy atom. The van der Waals surface area contributed by atoms with Crippen LogP contribution < -0.4 is 62.2 Å². The fraction of sp³-hybridized carbons (Fsp3) is 0.417. The first kappa shape index (κ1) is 18.2. The molecule has 1 N–H and O–H groups in total. The number of hydrogen-bond donors (Lipinski definition) is 1. The molecule has 2 rings (SSSR count). The van der Waals surface area contributed by atoms with Gasteiger partial charge in [0, 0.05) is 18.7 Å². The molecule has 104 valence electrons. The van der Waals surface area contributed by atoms with Gasteiger partial charge in [0.15, 0.2) is 0 Å². The summed E-state index contributed by atoms with van der Waals surface area (Å²) in [5.41, 5.74) is -0.475. The standard InChI is InChI=1S/C12H14BF3NO2.K/c14-13(15,16)10-5-3-9(4-6-10)12(18)17-8-11-2-1-7-19-11;/h3-6,11H,1-2,7-8H2,(H,17,18);/q-1;+1.